The molecule has 0 spiro atoms. The number of hydrogen-bond acceptors (Lipinski definition) is 1. The van der Waals surface area contributed by atoms with Gasteiger partial charge in [-0.25, -0.2) is 0 Å². The fourth-order valence-electron chi connectivity index (χ4n) is 7.70. The van der Waals surface area contributed by atoms with Gasteiger partial charge in [0.15, 0.2) is 0 Å². The van der Waals surface area contributed by atoms with Gasteiger partial charge in [-0.15, -0.1) is 0 Å². The van der Waals surface area contributed by atoms with Gasteiger partial charge in [0, 0.05) is 17.8 Å². The van der Waals surface area contributed by atoms with E-state index in [-0.39, 0.29) is 5.60 Å². The number of rotatable bonds is 8. The van der Waals surface area contributed by atoms with Gasteiger partial charge in [0.2, 0.25) is 0 Å². The predicted molar refractivity (Wildman–Crippen MR) is 112 cm³/mol. The molecule has 2 aliphatic heterocycles. The Morgan fingerprint density at radius 1 is 1.07 bits per heavy atom. The number of nitrogens with zero attached hydrogens (tertiary/aromatic N) is 1. The highest BCUT2D eigenvalue weighted by Gasteiger charge is 2.76. The summed E-state index contributed by atoms with van der Waals surface area (Å²) in [6, 6.07) is 10.8. The first-order valence-electron chi connectivity index (χ1n) is 11.5. The summed E-state index contributed by atoms with van der Waals surface area (Å²) < 4.78 is 8.13. The average molecular weight is 371 g/mol. The van der Waals surface area contributed by atoms with Gasteiger partial charge in [0.1, 0.15) is 17.7 Å². The van der Waals surface area contributed by atoms with Crippen molar-refractivity contribution in [3.63, 3.8) is 0 Å². The number of ether oxygens (including phenoxy) is 1. The van der Waals surface area contributed by atoms with Crippen LogP contribution < -0.4 is 0 Å². The van der Waals surface area contributed by atoms with Crippen molar-refractivity contribution in [2.75, 3.05) is 19.6 Å². The van der Waals surface area contributed by atoms with E-state index in [9.17, 15) is 0 Å². The molecule has 1 aromatic rings. The van der Waals surface area contributed by atoms with E-state index in [2.05, 4.69) is 58.0 Å². The smallest absolute Gasteiger partial charge is 0.123 e. The van der Waals surface area contributed by atoms with E-state index in [4.69, 9.17) is 4.74 Å². The third-order valence-corrected chi connectivity index (χ3v) is 8.77. The number of quaternary nitrogens is 1. The molecule has 0 amide bonds. The van der Waals surface area contributed by atoms with Gasteiger partial charge in [-0.1, -0.05) is 57.0 Å². The molecule has 3 fully saturated rings. The molecule has 0 aromatic heterocycles. The first-order valence-corrected chi connectivity index (χ1v) is 11.5. The maximum absolute atomic E-state index is 6.78. The van der Waals surface area contributed by atoms with E-state index < -0.39 is 0 Å². The maximum atomic E-state index is 6.78. The van der Waals surface area contributed by atoms with Crippen LogP contribution in [0.15, 0.2) is 30.3 Å². The van der Waals surface area contributed by atoms with E-state index in [1.165, 1.54) is 68.2 Å². The Balaban J connectivity index is 1.56. The standard InChI is InChI=1S/C25H40NO/c1-5-6-7-11-16-26-17-20(2)22-14-15-23(25(22,26)4)24(3,19-26)27-18-21-12-9-8-10-13-21/h8-10,12-13,20,22-23H,5-7,11,14-19H2,1-4H3/q+1/t20-,22+,23-,24-,25-,26+/m1/s1. The average Bonchev–Trinajstić information content (AvgIpc) is 3.19. The first kappa shape index (κ1) is 19.5. The summed E-state index contributed by atoms with van der Waals surface area (Å²) >= 11 is 0. The van der Waals surface area contributed by atoms with Crippen molar-refractivity contribution in [2.45, 2.75) is 84.0 Å². The van der Waals surface area contributed by atoms with Crippen LogP contribution in [0.2, 0.25) is 0 Å². The van der Waals surface area contributed by atoms with Crippen LogP contribution >= 0.6 is 0 Å². The molecule has 1 saturated carbocycles. The summed E-state index contributed by atoms with van der Waals surface area (Å²) in [6.07, 6.45) is 8.30. The van der Waals surface area contributed by atoms with Gasteiger partial charge in [-0.3, -0.25) is 0 Å². The van der Waals surface area contributed by atoms with Crippen LogP contribution in [0.1, 0.15) is 71.8 Å². The van der Waals surface area contributed by atoms with Crippen LogP contribution in [0.5, 0.6) is 0 Å². The lowest BCUT2D eigenvalue weighted by Crippen LogP contribution is -2.58. The second kappa shape index (κ2) is 7.19. The van der Waals surface area contributed by atoms with Gasteiger partial charge in [0.05, 0.1) is 19.7 Å². The molecular weight excluding hydrogens is 330 g/mol. The maximum Gasteiger partial charge on any atom is 0.123 e. The summed E-state index contributed by atoms with van der Waals surface area (Å²) in [5.41, 5.74) is 1.79. The highest BCUT2D eigenvalue weighted by molar-refractivity contribution is 5.16. The van der Waals surface area contributed by atoms with E-state index >= 15 is 0 Å². The van der Waals surface area contributed by atoms with Gasteiger partial charge >= 0.3 is 0 Å². The Bertz CT molecular complexity index is 645. The third kappa shape index (κ3) is 2.99. The lowest BCUT2D eigenvalue weighted by molar-refractivity contribution is -0.955. The molecule has 0 unspecified atom stereocenters. The van der Waals surface area contributed by atoms with Crippen molar-refractivity contribution in [3.8, 4) is 0 Å². The summed E-state index contributed by atoms with van der Waals surface area (Å²) in [5, 5.41) is 0. The second-order valence-electron chi connectivity index (χ2n) is 10.3. The van der Waals surface area contributed by atoms with E-state index in [1.54, 1.807) is 0 Å². The van der Waals surface area contributed by atoms with Crippen LogP contribution in [0.3, 0.4) is 0 Å². The molecule has 0 bridgehead atoms. The molecule has 2 nitrogen and oxygen atoms in total. The SMILES string of the molecule is CCCCCC[N@@+]12C[C@@H](C)[C@@H]3CC[C@@H]([C@@]31C)[C@](C)(OCc1ccccc1)C2. The van der Waals surface area contributed by atoms with Crippen LogP contribution in [0, 0.1) is 17.8 Å². The fourth-order valence-corrected chi connectivity index (χ4v) is 7.70. The third-order valence-electron chi connectivity index (χ3n) is 8.77. The lowest BCUT2D eigenvalue weighted by atomic mass is 9.76. The highest BCUT2D eigenvalue weighted by atomic mass is 16.5. The van der Waals surface area contributed by atoms with Crippen molar-refractivity contribution in [2.24, 2.45) is 17.8 Å². The van der Waals surface area contributed by atoms with Crippen LogP contribution in [0.4, 0.5) is 0 Å². The van der Waals surface area contributed by atoms with E-state index in [0.29, 0.717) is 5.54 Å². The van der Waals surface area contributed by atoms with Crippen LogP contribution in [-0.4, -0.2) is 35.3 Å². The molecular formula is C25H40NO+. The Hall–Kier alpha value is -0.860. The molecule has 2 heterocycles. The quantitative estimate of drug-likeness (QED) is 0.414. The van der Waals surface area contributed by atoms with Gasteiger partial charge in [-0.05, 0) is 45.1 Å². The molecule has 4 rings (SSSR count). The largest absolute Gasteiger partial charge is 0.364 e. The van der Waals surface area contributed by atoms with Crippen molar-refractivity contribution >= 4 is 0 Å². The van der Waals surface area contributed by atoms with E-state index in [1.807, 2.05) is 0 Å². The molecule has 3 aliphatic rings. The fraction of sp³-hybridized carbons (Fsp3) is 0.760. The first-order chi connectivity index (χ1) is 13.0. The molecule has 27 heavy (non-hydrogen) atoms. The van der Waals surface area contributed by atoms with Crippen molar-refractivity contribution < 1.29 is 9.22 Å². The normalized spacial score (nSPS) is 42.6. The predicted octanol–water partition coefficient (Wildman–Crippen LogP) is 5.81. The minimum atomic E-state index is 0.0320. The molecule has 1 aliphatic carbocycles. The second-order valence-corrected chi connectivity index (χ2v) is 10.3. The zero-order valence-electron chi connectivity index (χ0n) is 18.0. The van der Waals surface area contributed by atoms with Crippen molar-refractivity contribution in [3.05, 3.63) is 35.9 Å². The number of hydrogen-bond donors (Lipinski definition) is 0. The van der Waals surface area contributed by atoms with Crippen LogP contribution in [-0.2, 0) is 11.3 Å². The highest BCUT2D eigenvalue weighted by Crippen LogP contribution is 2.65. The Kier molecular flexibility index (Phi) is 5.18. The Morgan fingerprint density at radius 3 is 2.59 bits per heavy atom. The monoisotopic (exact) mass is 370 g/mol. The number of benzene rings is 1. The number of unbranched alkanes of at least 4 members (excludes halogenated alkanes) is 3. The minimum absolute atomic E-state index is 0.0320. The minimum Gasteiger partial charge on any atom is -0.364 e. The van der Waals surface area contributed by atoms with Crippen molar-refractivity contribution in [1.29, 1.82) is 0 Å². The summed E-state index contributed by atoms with van der Waals surface area (Å²) in [4.78, 5) is 0. The summed E-state index contributed by atoms with van der Waals surface area (Å²) in [7, 11) is 0. The lowest BCUT2D eigenvalue weighted by Gasteiger charge is -2.43. The topological polar surface area (TPSA) is 9.23 Å². The van der Waals surface area contributed by atoms with Gasteiger partial charge in [-0.2, -0.15) is 0 Å². The van der Waals surface area contributed by atoms with E-state index in [0.717, 1.165) is 24.4 Å². The Labute approximate surface area is 166 Å². The molecule has 0 N–H and O–H groups in total. The molecule has 2 heteroatoms. The molecule has 1 aromatic carbocycles. The summed E-state index contributed by atoms with van der Waals surface area (Å²) in [5.74, 6) is 2.50. The zero-order valence-corrected chi connectivity index (χ0v) is 18.0. The van der Waals surface area contributed by atoms with Crippen LogP contribution in [0.25, 0.3) is 0 Å². The molecule has 0 radical (unpaired) electrons. The zero-order chi connectivity index (χ0) is 19.1. The van der Waals surface area contributed by atoms with Gasteiger partial charge < -0.3 is 9.22 Å². The molecule has 150 valence electrons. The molecule has 2 saturated heterocycles. The Morgan fingerprint density at radius 2 is 1.85 bits per heavy atom. The molecule has 6 atom stereocenters. The van der Waals surface area contributed by atoms with Gasteiger partial charge in [0.25, 0.3) is 0 Å². The summed E-state index contributed by atoms with van der Waals surface area (Å²) in [6.45, 7) is 14.7. The van der Waals surface area contributed by atoms with Crippen molar-refractivity contribution in [1.82, 2.24) is 0 Å².